The first kappa shape index (κ1) is 10.4. The molecule has 0 aromatic heterocycles. The van der Waals surface area contributed by atoms with Gasteiger partial charge in [0.25, 0.3) is 11.6 Å². The topological polar surface area (TPSA) is 63.4 Å². The average Bonchev–Trinajstić information content (AvgIpc) is 2.60. The molecule has 5 nitrogen and oxygen atoms in total. The number of nitrogens with zero attached hydrogens (tertiary/aromatic N) is 2. The fraction of sp³-hybridized carbons (Fsp3) is 0.182. The molecule has 1 aliphatic heterocycles. The number of benzene rings is 1. The molecule has 0 unspecified atom stereocenters. The number of anilines is 1. The molecule has 1 aromatic rings. The molecule has 1 aliphatic rings. The van der Waals surface area contributed by atoms with Crippen molar-refractivity contribution in [3.63, 3.8) is 0 Å². The van der Waals surface area contributed by atoms with Crippen LogP contribution in [0.4, 0.5) is 11.4 Å². The van der Waals surface area contributed by atoms with Crippen molar-refractivity contribution in [1.82, 2.24) is 0 Å². The van der Waals surface area contributed by atoms with Crippen LogP contribution in [0.5, 0.6) is 0 Å². The zero-order valence-electron chi connectivity index (χ0n) is 8.55. The number of nitro groups is 1. The third-order valence-electron chi connectivity index (χ3n) is 2.56. The Balaban J connectivity index is 2.26. The molecule has 1 aromatic carbocycles. The zero-order valence-corrected chi connectivity index (χ0v) is 8.55. The second kappa shape index (κ2) is 3.77. The number of hydrogen-bond donors (Lipinski definition) is 0. The first-order valence-electron chi connectivity index (χ1n) is 4.83. The van der Waals surface area contributed by atoms with Crippen LogP contribution in [0.3, 0.4) is 0 Å². The van der Waals surface area contributed by atoms with Gasteiger partial charge < -0.3 is 4.90 Å². The lowest BCUT2D eigenvalue weighted by Gasteiger charge is -2.14. The number of non-ortho nitro benzene ring substituents is 1. The number of hydrogen-bond acceptors (Lipinski definition) is 3. The van der Waals surface area contributed by atoms with Crippen LogP contribution >= 0.6 is 0 Å². The van der Waals surface area contributed by atoms with E-state index in [0.717, 1.165) is 0 Å². The molecule has 5 heteroatoms. The minimum Gasteiger partial charge on any atom is -0.308 e. The first-order valence-corrected chi connectivity index (χ1v) is 4.83. The molecule has 0 saturated carbocycles. The van der Waals surface area contributed by atoms with Gasteiger partial charge in [-0.2, -0.15) is 0 Å². The average molecular weight is 218 g/mol. The fourth-order valence-corrected chi connectivity index (χ4v) is 1.65. The van der Waals surface area contributed by atoms with Crippen molar-refractivity contribution in [1.29, 1.82) is 0 Å². The standard InChI is InChI=1S/C11H10N2O3/c1-8-6-7-12(11(8)14)9-2-4-10(5-3-9)13(15)16/h2-5H,1,6-7H2. The SMILES string of the molecule is C=C1CCN(c2ccc([N+](=O)[O-])cc2)C1=O. The van der Waals surface area contributed by atoms with Crippen LogP contribution in [0.25, 0.3) is 0 Å². The minimum absolute atomic E-state index is 0.0224. The lowest BCUT2D eigenvalue weighted by Crippen LogP contribution is -2.24. The predicted molar refractivity (Wildman–Crippen MR) is 59.2 cm³/mol. The Morgan fingerprint density at radius 3 is 2.38 bits per heavy atom. The smallest absolute Gasteiger partial charge is 0.269 e. The van der Waals surface area contributed by atoms with Crippen LogP contribution < -0.4 is 4.90 Å². The van der Waals surface area contributed by atoms with E-state index in [9.17, 15) is 14.9 Å². The molecule has 16 heavy (non-hydrogen) atoms. The number of rotatable bonds is 2. The van der Waals surface area contributed by atoms with Crippen molar-refractivity contribution >= 4 is 17.3 Å². The summed E-state index contributed by atoms with van der Waals surface area (Å²) in [6.45, 7) is 4.25. The van der Waals surface area contributed by atoms with E-state index in [4.69, 9.17) is 0 Å². The molecule has 0 bridgehead atoms. The highest BCUT2D eigenvalue weighted by Gasteiger charge is 2.25. The molecule has 0 N–H and O–H groups in total. The van der Waals surface area contributed by atoms with E-state index in [0.29, 0.717) is 24.2 Å². The van der Waals surface area contributed by atoms with Crippen LogP contribution in [-0.4, -0.2) is 17.4 Å². The Bertz CT molecular complexity index is 465. The summed E-state index contributed by atoms with van der Waals surface area (Å²) in [5.74, 6) is -0.103. The number of carbonyl (C=O) groups is 1. The summed E-state index contributed by atoms with van der Waals surface area (Å²) in [6, 6.07) is 5.94. The molecule has 0 aliphatic carbocycles. The van der Waals surface area contributed by atoms with Gasteiger partial charge in [-0.3, -0.25) is 14.9 Å². The van der Waals surface area contributed by atoms with E-state index >= 15 is 0 Å². The van der Waals surface area contributed by atoms with Crippen LogP contribution in [-0.2, 0) is 4.79 Å². The zero-order chi connectivity index (χ0) is 11.7. The Kier molecular flexibility index (Phi) is 2.44. The summed E-state index contributed by atoms with van der Waals surface area (Å²) in [6.07, 6.45) is 0.649. The van der Waals surface area contributed by atoms with Gasteiger partial charge in [0, 0.05) is 29.9 Å². The van der Waals surface area contributed by atoms with E-state index in [1.807, 2.05) is 0 Å². The van der Waals surface area contributed by atoms with E-state index < -0.39 is 4.92 Å². The van der Waals surface area contributed by atoms with E-state index in [1.54, 1.807) is 17.0 Å². The largest absolute Gasteiger partial charge is 0.308 e. The number of carbonyl (C=O) groups excluding carboxylic acids is 1. The van der Waals surface area contributed by atoms with Gasteiger partial charge in [0.1, 0.15) is 0 Å². The molecule has 2 rings (SSSR count). The second-order valence-electron chi connectivity index (χ2n) is 3.58. The number of nitro benzene ring substituents is 1. The van der Waals surface area contributed by atoms with Crippen molar-refractivity contribution < 1.29 is 9.72 Å². The molecular weight excluding hydrogens is 208 g/mol. The van der Waals surface area contributed by atoms with Crippen molar-refractivity contribution in [3.8, 4) is 0 Å². The highest BCUT2D eigenvalue weighted by atomic mass is 16.6. The van der Waals surface area contributed by atoms with E-state index in [1.165, 1.54) is 12.1 Å². The quantitative estimate of drug-likeness (QED) is 0.432. The maximum absolute atomic E-state index is 11.6. The number of amides is 1. The van der Waals surface area contributed by atoms with Gasteiger partial charge in [-0.05, 0) is 18.6 Å². The summed E-state index contributed by atoms with van der Waals surface area (Å²) in [4.78, 5) is 23.2. The third kappa shape index (κ3) is 1.67. The van der Waals surface area contributed by atoms with Gasteiger partial charge >= 0.3 is 0 Å². The molecule has 0 spiro atoms. The normalized spacial score (nSPS) is 15.6. The van der Waals surface area contributed by atoms with Gasteiger partial charge in [0.15, 0.2) is 0 Å². The van der Waals surface area contributed by atoms with Gasteiger partial charge in [0.05, 0.1) is 4.92 Å². The highest BCUT2D eigenvalue weighted by molar-refractivity contribution is 6.07. The molecule has 1 saturated heterocycles. The maximum Gasteiger partial charge on any atom is 0.269 e. The Morgan fingerprint density at radius 1 is 1.31 bits per heavy atom. The molecular formula is C11H10N2O3. The first-order chi connectivity index (χ1) is 7.59. The van der Waals surface area contributed by atoms with Crippen molar-refractivity contribution in [2.45, 2.75) is 6.42 Å². The fourth-order valence-electron chi connectivity index (χ4n) is 1.65. The summed E-state index contributed by atoms with van der Waals surface area (Å²) in [7, 11) is 0. The molecule has 1 fully saturated rings. The molecule has 82 valence electrons. The third-order valence-corrected chi connectivity index (χ3v) is 2.56. The van der Waals surface area contributed by atoms with Gasteiger partial charge in [-0.1, -0.05) is 6.58 Å². The van der Waals surface area contributed by atoms with Crippen molar-refractivity contribution in [2.24, 2.45) is 0 Å². The maximum atomic E-state index is 11.6. The summed E-state index contributed by atoms with van der Waals surface area (Å²) >= 11 is 0. The Labute approximate surface area is 92.1 Å². The van der Waals surface area contributed by atoms with Crippen molar-refractivity contribution in [2.75, 3.05) is 11.4 Å². The van der Waals surface area contributed by atoms with E-state index in [-0.39, 0.29) is 11.6 Å². The second-order valence-corrected chi connectivity index (χ2v) is 3.58. The summed E-state index contributed by atoms with van der Waals surface area (Å²) in [5.41, 5.74) is 1.28. The predicted octanol–water partition coefficient (Wildman–Crippen LogP) is 1.89. The summed E-state index contributed by atoms with van der Waals surface area (Å²) in [5, 5.41) is 10.5. The van der Waals surface area contributed by atoms with Crippen LogP contribution in [0.1, 0.15) is 6.42 Å². The van der Waals surface area contributed by atoms with Crippen LogP contribution in [0, 0.1) is 10.1 Å². The molecule has 0 radical (unpaired) electrons. The van der Waals surface area contributed by atoms with E-state index in [2.05, 4.69) is 6.58 Å². The van der Waals surface area contributed by atoms with Gasteiger partial charge in [0.2, 0.25) is 0 Å². The van der Waals surface area contributed by atoms with Crippen LogP contribution in [0.15, 0.2) is 36.4 Å². The van der Waals surface area contributed by atoms with Crippen molar-refractivity contribution in [3.05, 3.63) is 46.5 Å². The minimum atomic E-state index is -0.464. The molecule has 1 heterocycles. The Morgan fingerprint density at radius 2 is 1.94 bits per heavy atom. The van der Waals surface area contributed by atoms with Crippen LogP contribution in [0.2, 0.25) is 0 Å². The summed E-state index contributed by atoms with van der Waals surface area (Å²) < 4.78 is 0. The lowest BCUT2D eigenvalue weighted by molar-refractivity contribution is -0.384. The van der Waals surface area contributed by atoms with Gasteiger partial charge in [-0.25, -0.2) is 0 Å². The Hall–Kier alpha value is -2.17. The molecule has 0 atom stereocenters. The molecule has 1 amide bonds. The monoisotopic (exact) mass is 218 g/mol. The van der Waals surface area contributed by atoms with Gasteiger partial charge in [-0.15, -0.1) is 0 Å². The lowest BCUT2D eigenvalue weighted by atomic mass is 10.2. The highest BCUT2D eigenvalue weighted by Crippen LogP contribution is 2.25.